The number of fused-ring (bicyclic) bond motifs is 2. The van der Waals surface area contributed by atoms with Gasteiger partial charge in [0.1, 0.15) is 17.9 Å². The van der Waals surface area contributed by atoms with Crippen LogP contribution in [0.1, 0.15) is 0 Å². The number of aromatic amines is 1. The van der Waals surface area contributed by atoms with Crippen LogP contribution in [0, 0.1) is 0 Å². The molecule has 0 unspecified atom stereocenters. The zero-order valence-electron chi connectivity index (χ0n) is 11.9. The SMILES string of the molecule is COc1ccc2c(Nc3ccc4[nH]ncc4c3)ncnc2c1. The first-order valence-electron chi connectivity index (χ1n) is 6.82. The molecule has 0 atom stereocenters. The average Bonchev–Trinajstić information content (AvgIpc) is 3.02. The largest absolute Gasteiger partial charge is 0.497 e. The first kappa shape index (κ1) is 12.6. The van der Waals surface area contributed by atoms with Crippen molar-refractivity contribution >= 4 is 33.3 Å². The fraction of sp³-hybridized carbons (Fsp3) is 0.0625. The fourth-order valence-corrected chi connectivity index (χ4v) is 2.42. The van der Waals surface area contributed by atoms with Crippen LogP contribution in [0.15, 0.2) is 48.9 Å². The van der Waals surface area contributed by atoms with Crippen LogP contribution < -0.4 is 10.1 Å². The number of hydrogen-bond acceptors (Lipinski definition) is 5. The Morgan fingerprint density at radius 3 is 2.95 bits per heavy atom. The van der Waals surface area contributed by atoms with Gasteiger partial charge in [-0.15, -0.1) is 0 Å². The number of nitrogens with one attached hydrogen (secondary N) is 2. The highest BCUT2D eigenvalue weighted by Crippen LogP contribution is 2.27. The molecule has 0 saturated heterocycles. The summed E-state index contributed by atoms with van der Waals surface area (Å²) in [5, 5.41) is 12.3. The Hall–Kier alpha value is -3.15. The van der Waals surface area contributed by atoms with Gasteiger partial charge in [-0.05, 0) is 30.3 Å². The maximum absolute atomic E-state index is 5.23. The number of H-pyrrole nitrogens is 1. The second kappa shape index (κ2) is 5.00. The molecule has 0 saturated carbocycles. The van der Waals surface area contributed by atoms with Crippen LogP contribution >= 0.6 is 0 Å². The smallest absolute Gasteiger partial charge is 0.141 e. The Balaban J connectivity index is 1.76. The van der Waals surface area contributed by atoms with Gasteiger partial charge in [-0.1, -0.05) is 0 Å². The van der Waals surface area contributed by atoms with Gasteiger partial charge in [0.15, 0.2) is 0 Å². The molecule has 0 amide bonds. The van der Waals surface area contributed by atoms with E-state index in [4.69, 9.17) is 4.74 Å². The van der Waals surface area contributed by atoms with Crippen LogP contribution in [0.2, 0.25) is 0 Å². The standard InChI is InChI=1S/C16H13N5O/c1-22-12-3-4-13-15(7-12)17-9-18-16(13)20-11-2-5-14-10(6-11)8-19-21-14/h2-9H,1H3,(H,19,21)(H,17,18,20). The van der Waals surface area contributed by atoms with Crippen molar-refractivity contribution in [3.8, 4) is 5.75 Å². The van der Waals surface area contributed by atoms with Crippen LogP contribution in [-0.4, -0.2) is 27.3 Å². The highest BCUT2D eigenvalue weighted by atomic mass is 16.5. The third-order valence-corrected chi connectivity index (χ3v) is 3.55. The number of rotatable bonds is 3. The molecule has 4 aromatic rings. The number of hydrogen-bond donors (Lipinski definition) is 2. The van der Waals surface area contributed by atoms with Crippen LogP contribution in [-0.2, 0) is 0 Å². The number of benzene rings is 2. The molecule has 6 heteroatoms. The highest BCUT2D eigenvalue weighted by molar-refractivity contribution is 5.92. The number of methoxy groups -OCH3 is 1. The summed E-state index contributed by atoms with van der Waals surface area (Å²) in [4.78, 5) is 8.63. The summed E-state index contributed by atoms with van der Waals surface area (Å²) in [6.45, 7) is 0. The quantitative estimate of drug-likeness (QED) is 0.606. The molecule has 0 bridgehead atoms. The molecule has 2 aromatic carbocycles. The minimum Gasteiger partial charge on any atom is -0.497 e. The molecule has 6 nitrogen and oxygen atoms in total. The molecule has 108 valence electrons. The van der Waals surface area contributed by atoms with Crippen molar-refractivity contribution in [2.24, 2.45) is 0 Å². The van der Waals surface area contributed by atoms with Crippen molar-refractivity contribution in [2.75, 3.05) is 12.4 Å². The van der Waals surface area contributed by atoms with Crippen molar-refractivity contribution in [3.63, 3.8) is 0 Å². The van der Waals surface area contributed by atoms with Crippen LogP contribution in [0.5, 0.6) is 5.75 Å². The van der Waals surface area contributed by atoms with Gasteiger partial charge < -0.3 is 10.1 Å². The lowest BCUT2D eigenvalue weighted by atomic mass is 10.2. The summed E-state index contributed by atoms with van der Waals surface area (Å²) in [5.74, 6) is 1.53. The van der Waals surface area contributed by atoms with Crippen molar-refractivity contribution < 1.29 is 4.74 Å². The lowest BCUT2D eigenvalue weighted by Gasteiger charge is -2.09. The van der Waals surface area contributed by atoms with E-state index in [-0.39, 0.29) is 0 Å². The van der Waals surface area contributed by atoms with E-state index in [1.165, 1.54) is 0 Å². The normalized spacial score (nSPS) is 11.0. The Morgan fingerprint density at radius 2 is 2.05 bits per heavy atom. The van der Waals surface area contributed by atoms with Gasteiger partial charge in [-0.2, -0.15) is 5.10 Å². The Morgan fingerprint density at radius 1 is 1.09 bits per heavy atom. The first-order valence-corrected chi connectivity index (χ1v) is 6.82. The number of aromatic nitrogens is 4. The Bertz CT molecular complexity index is 963. The average molecular weight is 291 g/mol. The highest BCUT2D eigenvalue weighted by Gasteiger charge is 2.06. The topological polar surface area (TPSA) is 75.7 Å². The van der Waals surface area contributed by atoms with E-state index in [1.807, 2.05) is 36.4 Å². The molecule has 4 rings (SSSR count). The molecule has 0 radical (unpaired) electrons. The molecule has 22 heavy (non-hydrogen) atoms. The summed E-state index contributed by atoms with van der Waals surface area (Å²) in [6, 6.07) is 11.7. The summed E-state index contributed by atoms with van der Waals surface area (Å²) in [6.07, 6.45) is 3.34. The monoisotopic (exact) mass is 291 g/mol. The molecular formula is C16H13N5O. The van der Waals surface area contributed by atoms with Crippen LogP contribution in [0.4, 0.5) is 11.5 Å². The van der Waals surface area contributed by atoms with Gasteiger partial charge in [0.25, 0.3) is 0 Å². The van der Waals surface area contributed by atoms with E-state index >= 15 is 0 Å². The maximum atomic E-state index is 5.23. The second-order valence-corrected chi connectivity index (χ2v) is 4.90. The molecule has 2 aromatic heterocycles. The third-order valence-electron chi connectivity index (χ3n) is 3.55. The van der Waals surface area contributed by atoms with Crippen molar-refractivity contribution in [3.05, 3.63) is 48.9 Å². The predicted molar refractivity (Wildman–Crippen MR) is 85.5 cm³/mol. The van der Waals surface area contributed by atoms with Crippen LogP contribution in [0.3, 0.4) is 0 Å². The van der Waals surface area contributed by atoms with Gasteiger partial charge in [-0.25, -0.2) is 9.97 Å². The minimum absolute atomic E-state index is 0.760. The van der Waals surface area contributed by atoms with Gasteiger partial charge >= 0.3 is 0 Å². The molecule has 0 aliphatic carbocycles. The second-order valence-electron chi connectivity index (χ2n) is 4.90. The Kier molecular flexibility index (Phi) is 2.86. The van der Waals surface area contributed by atoms with Gasteiger partial charge in [-0.3, -0.25) is 5.10 Å². The third kappa shape index (κ3) is 2.10. The van der Waals surface area contributed by atoms with E-state index in [2.05, 4.69) is 25.5 Å². The molecule has 0 fully saturated rings. The maximum Gasteiger partial charge on any atom is 0.141 e. The molecule has 0 aliphatic rings. The van der Waals surface area contributed by atoms with E-state index in [0.717, 1.165) is 39.1 Å². The minimum atomic E-state index is 0.760. The van der Waals surface area contributed by atoms with Gasteiger partial charge in [0, 0.05) is 22.5 Å². The number of nitrogens with zero attached hydrogens (tertiary/aromatic N) is 3. The lowest BCUT2D eigenvalue weighted by molar-refractivity contribution is 0.415. The number of anilines is 2. The summed E-state index contributed by atoms with van der Waals surface area (Å²) < 4.78 is 5.23. The van der Waals surface area contributed by atoms with Crippen molar-refractivity contribution in [1.29, 1.82) is 0 Å². The molecule has 0 aliphatic heterocycles. The van der Waals surface area contributed by atoms with Gasteiger partial charge in [0.2, 0.25) is 0 Å². The zero-order valence-corrected chi connectivity index (χ0v) is 11.9. The fourth-order valence-electron chi connectivity index (χ4n) is 2.42. The van der Waals surface area contributed by atoms with E-state index in [9.17, 15) is 0 Å². The van der Waals surface area contributed by atoms with E-state index in [1.54, 1.807) is 19.6 Å². The van der Waals surface area contributed by atoms with Crippen molar-refractivity contribution in [2.45, 2.75) is 0 Å². The molecule has 2 N–H and O–H groups in total. The Labute approximate surface area is 126 Å². The molecule has 0 spiro atoms. The molecular weight excluding hydrogens is 278 g/mol. The van der Waals surface area contributed by atoms with Crippen molar-refractivity contribution in [1.82, 2.24) is 20.2 Å². The van der Waals surface area contributed by atoms with Crippen LogP contribution in [0.25, 0.3) is 21.8 Å². The zero-order chi connectivity index (χ0) is 14.9. The number of ether oxygens (including phenoxy) is 1. The summed E-state index contributed by atoms with van der Waals surface area (Å²) in [7, 11) is 1.64. The summed E-state index contributed by atoms with van der Waals surface area (Å²) in [5.41, 5.74) is 2.79. The summed E-state index contributed by atoms with van der Waals surface area (Å²) >= 11 is 0. The molecule has 2 heterocycles. The van der Waals surface area contributed by atoms with Gasteiger partial charge in [0.05, 0.1) is 24.3 Å². The predicted octanol–water partition coefficient (Wildman–Crippen LogP) is 3.26. The van der Waals surface area contributed by atoms with E-state index < -0.39 is 0 Å². The van der Waals surface area contributed by atoms with E-state index in [0.29, 0.717) is 0 Å². The first-order chi connectivity index (χ1) is 10.8. The lowest BCUT2D eigenvalue weighted by Crippen LogP contribution is -1.96.